The summed E-state index contributed by atoms with van der Waals surface area (Å²) in [5.74, 6) is 1.47. The topological polar surface area (TPSA) is 59.6 Å². The van der Waals surface area contributed by atoms with Crippen LogP contribution in [0.25, 0.3) is 0 Å². The predicted molar refractivity (Wildman–Crippen MR) is 94.8 cm³/mol. The number of carbonyl (C=O) groups is 1. The molecule has 2 aromatic rings. The number of methoxy groups -OCH3 is 2. The van der Waals surface area contributed by atoms with E-state index in [1.807, 2.05) is 49.4 Å². The first kappa shape index (κ1) is 17.8. The second kappa shape index (κ2) is 8.93. The fourth-order valence-electron chi connectivity index (χ4n) is 2.27. The number of benzene rings is 2. The van der Waals surface area contributed by atoms with Crippen LogP contribution in [0.3, 0.4) is 0 Å². The molecular weight excluding hydrogens is 304 g/mol. The van der Waals surface area contributed by atoms with Gasteiger partial charge in [0.1, 0.15) is 11.5 Å². The highest BCUT2D eigenvalue weighted by Crippen LogP contribution is 2.22. The van der Waals surface area contributed by atoms with Crippen molar-refractivity contribution < 1.29 is 14.3 Å². The van der Waals surface area contributed by atoms with Crippen molar-refractivity contribution in [2.75, 3.05) is 27.3 Å². The molecule has 0 saturated carbocycles. The Morgan fingerprint density at radius 2 is 1.58 bits per heavy atom. The number of rotatable bonds is 8. The van der Waals surface area contributed by atoms with Crippen LogP contribution in [0.15, 0.2) is 42.5 Å². The van der Waals surface area contributed by atoms with Gasteiger partial charge in [0.2, 0.25) is 0 Å². The Bertz CT molecular complexity index is 647. The van der Waals surface area contributed by atoms with E-state index in [0.717, 1.165) is 22.6 Å². The maximum atomic E-state index is 12.0. The summed E-state index contributed by atoms with van der Waals surface area (Å²) in [5, 5.41) is 6.19. The molecule has 0 atom stereocenters. The molecule has 0 aliphatic heterocycles. The van der Waals surface area contributed by atoms with Gasteiger partial charge in [-0.2, -0.15) is 0 Å². The summed E-state index contributed by atoms with van der Waals surface area (Å²) >= 11 is 0. The Morgan fingerprint density at radius 3 is 2.17 bits per heavy atom. The van der Waals surface area contributed by atoms with Gasteiger partial charge in [0, 0.05) is 31.3 Å². The van der Waals surface area contributed by atoms with Gasteiger partial charge in [0.25, 0.3) is 5.91 Å². The van der Waals surface area contributed by atoms with Crippen molar-refractivity contribution >= 4 is 5.91 Å². The molecule has 0 spiro atoms. The average molecular weight is 328 g/mol. The summed E-state index contributed by atoms with van der Waals surface area (Å²) in [6.45, 7) is 3.91. The van der Waals surface area contributed by atoms with E-state index >= 15 is 0 Å². The van der Waals surface area contributed by atoms with Gasteiger partial charge in [0.15, 0.2) is 0 Å². The lowest BCUT2D eigenvalue weighted by Gasteiger charge is -2.10. The number of hydrogen-bond donors (Lipinski definition) is 2. The molecule has 24 heavy (non-hydrogen) atoms. The molecule has 0 bridgehead atoms. The zero-order chi connectivity index (χ0) is 17.4. The van der Waals surface area contributed by atoms with Gasteiger partial charge in [-0.3, -0.25) is 4.79 Å². The van der Waals surface area contributed by atoms with Crippen LogP contribution in [0.4, 0.5) is 0 Å². The van der Waals surface area contributed by atoms with Crippen LogP contribution in [0.1, 0.15) is 21.5 Å². The Kier molecular flexibility index (Phi) is 6.63. The number of aryl methyl sites for hydroxylation is 1. The van der Waals surface area contributed by atoms with Crippen molar-refractivity contribution in [1.29, 1.82) is 0 Å². The molecule has 0 heterocycles. The Labute approximate surface area is 143 Å². The second-order valence-corrected chi connectivity index (χ2v) is 5.52. The highest BCUT2D eigenvalue weighted by Gasteiger charge is 2.04. The van der Waals surface area contributed by atoms with Crippen molar-refractivity contribution in [2.45, 2.75) is 13.5 Å². The summed E-state index contributed by atoms with van der Waals surface area (Å²) in [6, 6.07) is 13.3. The van der Waals surface area contributed by atoms with E-state index < -0.39 is 0 Å². The fourth-order valence-corrected chi connectivity index (χ4v) is 2.27. The first-order chi connectivity index (χ1) is 11.6. The monoisotopic (exact) mass is 328 g/mol. The van der Waals surface area contributed by atoms with Gasteiger partial charge < -0.3 is 20.1 Å². The fraction of sp³-hybridized carbons (Fsp3) is 0.316. The highest BCUT2D eigenvalue weighted by molar-refractivity contribution is 5.94. The molecule has 128 valence electrons. The highest BCUT2D eigenvalue weighted by atomic mass is 16.5. The third-order valence-corrected chi connectivity index (χ3v) is 3.64. The molecule has 0 aliphatic rings. The Morgan fingerprint density at radius 1 is 0.958 bits per heavy atom. The minimum absolute atomic E-state index is 0.0557. The lowest BCUT2D eigenvalue weighted by molar-refractivity contribution is 0.0954. The van der Waals surface area contributed by atoms with Gasteiger partial charge in [-0.1, -0.05) is 17.7 Å². The van der Waals surface area contributed by atoms with Crippen molar-refractivity contribution in [3.05, 3.63) is 59.2 Å². The molecule has 0 aliphatic carbocycles. The van der Waals surface area contributed by atoms with Crippen LogP contribution in [-0.2, 0) is 6.54 Å². The molecule has 0 saturated heterocycles. The van der Waals surface area contributed by atoms with E-state index in [1.165, 1.54) is 0 Å². The SMILES string of the molecule is COc1cc(CNCCNC(=O)c2ccc(C)cc2)cc(OC)c1. The van der Waals surface area contributed by atoms with Crippen molar-refractivity contribution in [3.8, 4) is 11.5 Å². The molecule has 1 amide bonds. The number of amides is 1. The van der Waals surface area contributed by atoms with Gasteiger partial charge in [-0.25, -0.2) is 0 Å². The van der Waals surface area contributed by atoms with Gasteiger partial charge >= 0.3 is 0 Å². The normalized spacial score (nSPS) is 10.3. The number of carbonyl (C=O) groups excluding carboxylic acids is 1. The molecule has 2 aromatic carbocycles. The number of hydrogen-bond acceptors (Lipinski definition) is 4. The zero-order valence-corrected chi connectivity index (χ0v) is 14.4. The molecule has 0 aromatic heterocycles. The van der Waals surface area contributed by atoms with E-state index in [-0.39, 0.29) is 5.91 Å². The first-order valence-corrected chi connectivity index (χ1v) is 7.90. The zero-order valence-electron chi connectivity index (χ0n) is 14.4. The second-order valence-electron chi connectivity index (χ2n) is 5.52. The van der Waals surface area contributed by atoms with Crippen LogP contribution < -0.4 is 20.1 Å². The molecule has 0 unspecified atom stereocenters. The van der Waals surface area contributed by atoms with E-state index in [2.05, 4.69) is 10.6 Å². The number of nitrogens with one attached hydrogen (secondary N) is 2. The summed E-state index contributed by atoms with van der Waals surface area (Å²) in [6.07, 6.45) is 0. The number of ether oxygens (including phenoxy) is 2. The summed E-state index contributed by atoms with van der Waals surface area (Å²) in [4.78, 5) is 12.0. The summed E-state index contributed by atoms with van der Waals surface area (Å²) in [5.41, 5.74) is 2.89. The van der Waals surface area contributed by atoms with Gasteiger partial charge in [0.05, 0.1) is 14.2 Å². The quantitative estimate of drug-likeness (QED) is 0.731. The van der Waals surface area contributed by atoms with E-state index in [1.54, 1.807) is 14.2 Å². The van der Waals surface area contributed by atoms with E-state index in [4.69, 9.17) is 9.47 Å². The maximum absolute atomic E-state index is 12.0. The van der Waals surface area contributed by atoms with Crippen LogP contribution in [0.5, 0.6) is 11.5 Å². The minimum atomic E-state index is -0.0557. The molecular formula is C19H24N2O3. The molecule has 2 N–H and O–H groups in total. The summed E-state index contributed by atoms with van der Waals surface area (Å²) in [7, 11) is 3.26. The van der Waals surface area contributed by atoms with Crippen LogP contribution >= 0.6 is 0 Å². The van der Waals surface area contributed by atoms with Gasteiger partial charge in [-0.15, -0.1) is 0 Å². The largest absolute Gasteiger partial charge is 0.497 e. The molecule has 0 radical (unpaired) electrons. The molecule has 2 rings (SSSR count). The third-order valence-electron chi connectivity index (χ3n) is 3.64. The van der Waals surface area contributed by atoms with E-state index in [0.29, 0.717) is 25.2 Å². The first-order valence-electron chi connectivity index (χ1n) is 7.90. The molecule has 5 nitrogen and oxygen atoms in total. The molecule has 0 fully saturated rings. The minimum Gasteiger partial charge on any atom is -0.497 e. The average Bonchev–Trinajstić information content (AvgIpc) is 2.61. The van der Waals surface area contributed by atoms with Crippen LogP contribution in [-0.4, -0.2) is 33.2 Å². The van der Waals surface area contributed by atoms with Crippen LogP contribution in [0.2, 0.25) is 0 Å². The molecule has 5 heteroatoms. The van der Waals surface area contributed by atoms with Crippen molar-refractivity contribution in [2.24, 2.45) is 0 Å². The van der Waals surface area contributed by atoms with Crippen LogP contribution in [0, 0.1) is 6.92 Å². The smallest absolute Gasteiger partial charge is 0.251 e. The van der Waals surface area contributed by atoms with Crippen molar-refractivity contribution in [3.63, 3.8) is 0 Å². The Hall–Kier alpha value is -2.53. The lowest BCUT2D eigenvalue weighted by Crippen LogP contribution is -2.31. The lowest BCUT2D eigenvalue weighted by atomic mass is 10.1. The Balaban J connectivity index is 1.75. The summed E-state index contributed by atoms with van der Waals surface area (Å²) < 4.78 is 10.5. The predicted octanol–water partition coefficient (Wildman–Crippen LogP) is 2.53. The van der Waals surface area contributed by atoms with Crippen molar-refractivity contribution in [1.82, 2.24) is 10.6 Å². The van der Waals surface area contributed by atoms with Gasteiger partial charge in [-0.05, 0) is 36.8 Å². The third kappa shape index (κ3) is 5.28. The standard InChI is InChI=1S/C19H24N2O3/c1-14-4-6-16(7-5-14)19(22)21-9-8-20-13-15-10-17(23-2)12-18(11-15)24-3/h4-7,10-12,20H,8-9,13H2,1-3H3,(H,21,22). The maximum Gasteiger partial charge on any atom is 0.251 e. The van der Waals surface area contributed by atoms with E-state index in [9.17, 15) is 4.79 Å².